The molecule has 0 aliphatic carbocycles. The van der Waals surface area contributed by atoms with E-state index in [0.717, 1.165) is 28.6 Å². The quantitative estimate of drug-likeness (QED) is 0.542. The fourth-order valence-corrected chi connectivity index (χ4v) is 2.09. The molecule has 0 spiro atoms. The molecular weight excluding hydrogens is 336 g/mol. The molecule has 0 atom stereocenters. The number of ether oxygens (including phenoxy) is 2. The van der Waals surface area contributed by atoms with Crippen LogP contribution in [0.1, 0.15) is 18.9 Å². The molecule has 0 unspecified atom stereocenters. The summed E-state index contributed by atoms with van der Waals surface area (Å²) in [4.78, 5) is 0. The molecule has 0 radical (unpaired) electrons. The second-order valence-corrected chi connectivity index (χ2v) is 4.77. The molecule has 0 aromatic heterocycles. The van der Waals surface area contributed by atoms with Gasteiger partial charge in [0.2, 0.25) is 0 Å². The average molecular weight is 352 g/mol. The summed E-state index contributed by atoms with van der Waals surface area (Å²) in [5.74, 6) is 0.866. The molecule has 90 valence electrons. The number of hydrogen-bond donors (Lipinski definition) is 0. The third-order valence-electron chi connectivity index (χ3n) is 1.98. The van der Waals surface area contributed by atoms with Gasteiger partial charge in [-0.1, -0.05) is 28.9 Å². The van der Waals surface area contributed by atoms with Crippen LogP contribution >= 0.6 is 31.9 Å². The second kappa shape index (κ2) is 8.09. The van der Waals surface area contributed by atoms with Gasteiger partial charge in [-0.15, -0.1) is 0 Å². The molecule has 0 saturated heterocycles. The Morgan fingerprint density at radius 1 is 1.19 bits per heavy atom. The first-order valence-electron chi connectivity index (χ1n) is 5.33. The van der Waals surface area contributed by atoms with E-state index < -0.39 is 0 Å². The van der Waals surface area contributed by atoms with Crippen LogP contribution < -0.4 is 4.74 Å². The Bertz CT molecular complexity index is 316. The van der Waals surface area contributed by atoms with Gasteiger partial charge in [0.05, 0.1) is 11.1 Å². The molecular formula is C12H16Br2O2. The lowest BCUT2D eigenvalue weighted by Gasteiger charge is -2.09. The monoisotopic (exact) mass is 350 g/mol. The maximum atomic E-state index is 5.60. The van der Waals surface area contributed by atoms with E-state index in [9.17, 15) is 0 Å². The lowest BCUT2D eigenvalue weighted by atomic mass is 10.2. The first kappa shape index (κ1) is 14.0. The topological polar surface area (TPSA) is 18.5 Å². The van der Waals surface area contributed by atoms with Crippen LogP contribution in [0.2, 0.25) is 0 Å². The Morgan fingerprint density at radius 2 is 2.00 bits per heavy atom. The molecule has 0 saturated carbocycles. The lowest BCUT2D eigenvalue weighted by Crippen LogP contribution is -2.07. The van der Waals surface area contributed by atoms with Gasteiger partial charge in [-0.05, 0) is 40.0 Å². The highest BCUT2D eigenvalue weighted by molar-refractivity contribution is 9.10. The standard InChI is InChI=1S/C12H16Br2O2/c1-2-5-15-6-7-16-12-4-3-10(9-13)8-11(12)14/h3-4,8H,2,5-7,9H2,1H3. The summed E-state index contributed by atoms with van der Waals surface area (Å²) in [5, 5.41) is 0.853. The van der Waals surface area contributed by atoms with Crippen molar-refractivity contribution in [1.82, 2.24) is 0 Å². The maximum absolute atomic E-state index is 5.60. The van der Waals surface area contributed by atoms with Crippen LogP contribution in [-0.2, 0) is 10.1 Å². The Labute approximate surface area is 114 Å². The molecule has 0 heterocycles. The largest absolute Gasteiger partial charge is 0.490 e. The molecule has 0 aliphatic heterocycles. The molecule has 0 aliphatic rings. The molecule has 4 heteroatoms. The van der Waals surface area contributed by atoms with Crippen molar-refractivity contribution < 1.29 is 9.47 Å². The predicted octanol–water partition coefficient (Wildman–Crippen LogP) is 4.15. The molecule has 16 heavy (non-hydrogen) atoms. The van der Waals surface area contributed by atoms with Crippen molar-refractivity contribution in [3.05, 3.63) is 28.2 Å². The van der Waals surface area contributed by atoms with Crippen LogP contribution in [0, 0.1) is 0 Å². The average Bonchev–Trinajstić information content (AvgIpc) is 2.30. The number of benzene rings is 1. The van der Waals surface area contributed by atoms with E-state index in [0.29, 0.717) is 13.2 Å². The Morgan fingerprint density at radius 3 is 2.62 bits per heavy atom. The van der Waals surface area contributed by atoms with Crippen molar-refractivity contribution in [2.24, 2.45) is 0 Å². The highest BCUT2D eigenvalue weighted by atomic mass is 79.9. The molecule has 1 rings (SSSR count). The lowest BCUT2D eigenvalue weighted by molar-refractivity contribution is 0.100. The van der Waals surface area contributed by atoms with Crippen LogP contribution in [0.25, 0.3) is 0 Å². The molecule has 1 aromatic rings. The van der Waals surface area contributed by atoms with Gasteiger partial charge in [0, 0.05) is 11.9 Å². The summed E-state index contributed by atoms with van der Waals surface area (Å²) >= 11 is 6.90. The Balaban J connectivity index is 2.36. The number of alkyl halides is 1. The zero-order valence-corrected chi connectivity index (χ0v) is 12.5. The van der Waals surface area contributed by atoms with Gasteiger partial charge in [0.15, 0.2) is 0 Å². The highest BCUT2D eigenvalue weighted by Crippen LogP contribution is 2.26. The van der Waals surface area contributed by atoms with E-state index in [-0.39, 0.29) is 0 Å². The van der Waals surface area contributed by atoms with Crippen molar-refractivity contribution in [3.63, 3.8) is 0 Å². The highest BCUT2D eigenvalue weighted by Gasteiger charge is 2.01. The third-order valence-corrected chi connectivity index (χ3v) is 3.25. The molecule has 0 N–H and O–H groups in total. The van der Waals surface area contributed by atoms with Gasteiger partial charge in [-0.3, -0.25) is 0 Å². The van der Waals surface area contributed by atoms with Gasteiger partial charge in [-0.25, -0.2) is 0 Å². The zero-order chi connectivity index (χ0) is 11.8. The number of halogens is 2. The normalized spacial score (nSPS) is 10.4. The smallest absolute Gasteiger partial charge is 0.133 e. The molecule has 1 aromatic carbocycles. The van der Waals surface area contributed by atoms with E-state index >= 15 is 0 Å². The van der Waals surface area contributed by atoms with Gasteiger partial charge in [0.1, 0.15) is 12.4 Å². The summed E-state index contributed by atoms with van der Waals surface area (Å²) in [6.45, 7) is 4.12. The predicted molar refractivity (Wildman–Crippen MR) is 73.4 cm³/mol. The summed E-state index contributed by atoms with van der Waals surface area (Å²) < 4.78 is 11.9. The van der Waals surface area contributed by atoms with Crippen molar-refractivity contribution in [2.75, 3.05) is 19.8 Å². The fourth-order valence-electron chi connectivity index (χ4n) is 1.20. The SMILES string of the molecule is CCCOCCOc1ccc(CBr)cc1Br. The molecule has 0 bridgehead atoms. The Kier molecular flexibility index (Phi) is 7.08. The summed E-state index contributed by atoms with van der Waals surface area (Å²) in [6, 6.07) is 6.07. The minimum absolute atomic E-state index is 0.590. The van der Waals surface area contributed by atoms with Crippen LogP contribution in [-0.4, -0.2) is 19.8 Å². The van der Waals surface area contributed by atoms with Crippen LogP contribution in [0.5, 0.6) is 5.75 Å². The van der Waals surface area contributed by atoms with Crippen molar-refractivity contribution in [3.8, 4) is 5.75 Å². The first-order valence-corrected chi connectivity index (χ1v) is 7.24. The van der Waals surface area contributed by atoms with E-state index in [2.05, 4.69) is 44.8 Å². The van der Waals surface area contributed by atoms with E-state index in [1.807, 2.05) is 12.1 Å². The van der Waals surface area contributed by atoms with E-state index in [1.165, 1.54) is 5.56 Å². The number of hydrogen-bond acceptors (Lipinski definition) is 2. The second-order valence-electron chi connectivity index (χ2n) is 3.36. The molecule has 2 nitrogen and oxygen atoms in total. The van der Waals surface area contributed by atoms with Gasteiger partial charge in [0.25, 0.3) is 0 Å². The summed E-state index contributed by atoms with van der Waals surface area (Å²) in [6.07, 6.45) is 1.05. The van der Waals surface area contributed by atoms with Crippen molar-refractivity contribution >= 4 is 31.9 Å². The van der Waals surface area contributed by atoms with Gasteiger partial charge >= 0.3 is 0 Å². The van der Waals surface area contributed by atoms with Crippen molar-refractivity contribution in [1.29, 1.82) is 0 Å². The van der Waals surface area contributed by atoms with Crippen molar-refractivity contribution in [2.45, 2.75) is 18.7 Å². The van der Waals surface area contributed by atoms with E-state index in [4.69, 9.17) is 9.47 Å². The fraction of sp³-hybridized carbons (Fsp3) is 0.500. The zero-order valence-electron chi connectivity index (χ0n) is 9.34. The minimum Gasteiger partial charge on any atom is -0.490 e. The van der Waals surface area contributed by atoms with Crippen LogP contribution in [0.15, 0.2) is 22.7 Å². The first-order chi connectivity index (χ1) is 7.77. The third kappa shape index (κ3) is 4.85. The van der Waals surface area contributed by atoms with Gasteiger partial charge in [-0.2, -0.15) is 0 Å². The Hall–Kier alpha value is -0.0600. The maximum Gasteiger partial charge on any atom is 0.133 e. The van der Waals surface area contributed by atoms with Crippen LogP contribution in [0.3, 0.4) is 0 Å². The summed E-state index contributed by atoms with van der Waals surface area (Å²) in [7, 11) is 0. The van der Waals surface area contributed by atoms with Gasteiger partial charge < -0.3 is 9.47 Å². The molecule has 0 fully saturated rings. The number of rotatable bonds is 7. The van der Waals surface area contributed by atoms with Crippen LogP contribution in [0.4, 0.5) is 0 Å². The van der Waals surface area contributed by atoms with E-state index in [1.54, 1.807) is 0 Å². The molecule has 0 amide bonds. The summed E-state index contributed by atoms with van der Waals surface area (Å²) in [5.41, 5.74) is 1.22. The minimum atomic E-state index is 0.590.